The van der Waals surface area contributed by atoms with E-state index in [2.05, 4.69) is 0 Å². The minimum absolute atomic E-state index is 0.224. The van der Waals surface area contributed by atoms with Crippen LogP contribution in [0.5, 0.6) is 0 Å². The van der Waals surface area contributed by atoms with Crippen LogP contribution in [0.2, 0.25) is 0 Å². The molecule has 1 fully saturated rings. The van der Waals surface area contributed by atoms with Crippen LogP contribution < -0.4 is 4.90 Å². The van der Waals surface area contributed by atoms with Crippen LogP contribution in [0, 0.1) is 16.0 Å². The highest BCUT2D eigenvalue weighted by Gasteiger charge is 2.30. The van der Waals surface area contributed by atoms with Gasteiger partial charge in [0.25, 0.3) is 0 Å². The van der Waals surface area contributed by atoms with Crippen molar-refractivity contribution in [1.82, 2.24) is 0 Å². The zero-order valence-corrected chi connectivity index (χ0v) is 11.7. The molecule has 1 aromatic rings. The number of nitro groups is 1. The van der Waals surface area contributed by atoms with Crippen LogP contribution in [-0.2, 0) is 9.84 Å². The highest BCUT2D eigenvalue weighted by atomic mass is 32.2. The third-order valence-electron chi connectivity index (χ3n) is 3.20. The molecule has 0 bridgehead atoms. The van der Waals surface area contributed by atoms with Gasteiger partial charge in [-0.15, -0.1) is 0 Å². The summed E-state index contributed by atoms with van der Waals surface area (Å²) in [7, 11) is -1.86. The fourth-order valence-corrected chi connectivity index (χ4v) is 2.94. The summed E-state index contributed by atoms with van der Waals surface area (Å²) in [4.78, 5) is 12.1. The van der Waals surface area contributed by atoms with Crippen LogP contribution in [0.25, 0.3) is 0 Å². The molecule has 2 rings (SSSR count). The van der Waals surface area contributed by atoms with Gasteiger partial charge in [0, 0.05) is 19.8 Å². The maximum Gasteiger partial charge on any atom is 0.311 e. The topological polar surface area (TPSA) is 80.5 Å². The molecule has 0 atom stereocenters. The number of benzene rings is 1. The molecule has 0 unspecified atom stereocenters. The Kier molecular flexibility index (Phi) is 3.49. The lowest BCUT2D eigenvalue weighted by molar-refractivity contribution is -0.387. The molecule has 0 spiro atoms. The zero-order chi connectivity index (χ0) is 14.2. The van der Waals surface area contributed by atoms with Crippen LogP contribution in [0.3, 0.4) is 0 Å². The largest absolute Gasteiger partial charge is 0.369 e. The molecule has 0 aliphatic heterocycles. The molecule has 1 aliphatic rings. The lowest BCUT2D eigenvalue weighted by Gasteiger charge is -2.19. The lowest BCUT2D eigenvalue weighted by atomic mass is 10.2. The molecule has 6 nitrogen and oxygen atoms in total. The first-order valence-electron chi connectivity index (χ1n) is 5.99. The van der Waals surface area contributed by atoms with E-state index in [4.69, 9.17) is 0 Å². The number of hydrogen-bond acceptors (Lipinski definition) is 5. The normalized spacial score (nSPS) is 15.3. The zero-order valence-electron chi connectivity index (χ0n) is 10.9. The van der Waals surface area contributed by atoms with Crippen LogP contribution in [-0.4, -0.2) is 33.2 Å². The molecule has 104 valence electrons. The Morgan fingerprint density at radius 2 is 2.05 bits per heavy atom. The summed E-state index contributed by atoms with van der Waals surface area (Å²) in [6.45, 7) is 0.716. The monoisotopic (exact) mass is 284 g/mol. The molecule has 19 heavy (non-hydrogen) atoms. The molecular formula is C12H16N2O4S. The first-order valence-corrected chi connectivity index (χ1v) is 7.88. The fraction of sp³-hybridized carbons (Fsp3) is 0.500. The summed E-state index contributed by atoms with van der Waals surface area (Å²) in [6, 6.07) is 4.42. The van der Waals surface area contributed by atoms with Crippen molar-refractivity contribution in [3.05, 3.63) is 28.3 Å². The van der Waals surface area contributed by atoms with Crippen LogP contribution >= 0.6 is 0 Å². The number of sulfone groups is 1. The van der Waals surface area contributed by atoms with E-state index >= 15 is 0 Å². The van der Waals surface area contributed by atoms with Gasteiger partial charge >= 0.3 is 5.69 Å². The molecule has 7 heteroatoms. The van der Waals surface area contributed by atoms with Gasteiger partial charge in [0.05, 0.1) is 4.92 Å². The van der Waals surface area contributed by atoms with E-state index in [0.29, 0.717) is 18.2 Å². The molecule has 1 aromatic carbocycles. The Balaban J connectivity index is 2.50. The first-order chi connectivity index (χ1) is 8.80. The maximum atomic E-state index is 11.6. The molecule has 0 aromatic heterocycles. The van der Waals surface area contributed by atoms with Gasteiger partial charge in [-0.1, -0.05) is 6.07 Å². The molecular weight excluding hydrogens is 268 g/mol. The van der Waals surface area contributed by atoms with Gasteiger partial charge in [-0.2, -0.15) is 0 Å². The number of rotatable bonds is 5. The van der Waals surface area contributed by atoms with Crippen LogP contribution in [0.1, 0.15) is 12.8 Å². The molecule has 0 saturated heterocycles. The predicted octanol–water partition coefficient (Wildman–Crippen LogP) is 1.84. The van der Waals surface area contributed by atoms with Crippen molar-refractivity contribution in [3.8, 4) is 0 Å². The van der Waals surface area contributed by atoms with Crippen molar-refractivity contribution in [3.63, 3.8) is 0 Å². The Hall–Kier alpha value is -1.63. The third kappa shape index (κ3) is 3.04. The van der Waals surface area contributed by atoms with Crippen molar-refractivity contribution in [2.45, 2.75) is 17.7 Å². The second-order valence-corrected chi connectivity index (χ2v) is 6.96. The third-order valence-corrected chi connectivity index (χ3v) is 4.33. The van der Waals surface area contributed by atoms with Crippen molar-refractivity contribution >= 4 is 21.2 Å². The minimum Gasteiger partial charge on any atom is -0.369 e. The van der Waals surface area contributed by atoms with Crippen molar-refractivity contribution in [1.29, 1.82) is 0 Å². The summed E-state index contributed by atoms with van der Waals surface area (Å²) in [5.74, 6) is 0.562. The Labute approximate surface area is 112 Å². The molecule has 0 N–H and O–H groups in total. The molecule has 0 radical (unpaired) electrons. The number of anilines is 1. The van der Waals surface area contributed by atoms with Gasteiger partial charge in [-0.3, -0.25) is 10.1 Å². The predicted molar refractivity (Wildman–Crippen MR) is 72.2 cm³/mol. The minimum atomic E-state index is -3.62. The summed E-state index contributed by atoms with van der Waals surface area (Å²) in [6.07, 6.45) is 3.24. The number of hydrogen-bond donors (Lipinski definition) is 0. The standard InChI is InChI=1S/C12H16N2O4S/c1-13(8-9-6-7-9)10-4-3-5-11(19(2,17)18)12(10)14(15)16/h3-5,9H,6-8H2,1-2H3. The van der Waals surface area contributed by atoms with Gasteiger partial charge in [0.1, 0.15) is 10.6 Å². The Morgan fingerprint density at radius 3 is 2.53 bits per heavy atom. The first kappa shape index (κ1) is 13.8. The van der Waals surface area contributed by atoms with E-state index in [1.54, 1.807) is 24.1 Å². The second kappa shape index (κ2) is 4.80. The summed E-state index contributed by atoms with van der Waals surface area (Å²) in [5.41, 5.74) is 0.0352. The molecule has 1 aliphatic carbocycles. The molecule has 1 saturated carbocycles. The van der Waals surface area contributed by atoms with Gasteiger partial charge in [0.15, 0.2) is 9.84 Å². The summed E-state index contributed by atoms with van der Waals surface area (Å²) < 4.78 is 23.3. The number of nitro benzene ring substituents is 1. The summed E-state index contributed by atoms with van der Waals surface area (Å²) >= 11 is 0. The second-order valence-electron chi connectivity index (χ2n) is 4.98. The van der Waals surface area contributed by atoms with Gasteiger partial charge < -0.3 is 4.90 Å². The Morgan fingerprint density at radius 1 is 1.42 bits per heavy atom. The van der Waals surface area contributed by atoms with Crippen molar-refractivity contribution < 1.29 is 13.3 Å². The lowest BCUT2D eigenvalue weighted by Crippen LogP contribution is -2.21. The summed E-state index contributed by atoms with van der Waals surface area (Å²) in [5, 5.41) is 11.2. The smallest absolute Gasteiger partial charge is 0.311 e. The van der Waals surface area contributed by atoms with Gasteiger partial charge in [0.2, 0.25) is 0 Å². The van der Waals surface area contributed by atoms with E-state index < -0.39 is 14.8 Å². The van der Waals surface area contributed by atoms with Gasteiger partial charge in [-0.25, -0.2) is 8.42 Å². The number of nitrogens with zero attached hydrogens (tertiary/aromatic N) is 2. The van der Waals surface area contributed by atoms with Crippen LogP contribution in [0.4, 0.5) is 11.4 Å². The average molecular weight is 284 g/mol. The Bertz CT molecular complexity index is 608. The van der Waals surface area contributed by atoms with E-state index in [1.165, 1.54) is 6.07 Å². The molecule has 0 amide bonds. The van der Waals surface area contributed by atoms with Gasteiger partial charge in [-0.05, 0) is 30.9 Å². The highest BCUT2D eigenvalue weighted by molar-refractivity contribution is 7.90. The number of para-hydroxylation sites is 1. The van der Waals surface area contributed by atoms with E-state index in [0.717, 1.165) is 19.1 Å². The quantitative estimate of drug-likeness (QED) is 0.609. The fourth-order valence-electron chi connectivity index (χ4n) is 2.09. The van der Waals surface area contributed by atoms with E-state index in [9.17, 15) is 18.5 Å². The van der Waals surface area contributed by atoms with Crippen molar-refractivity contribution in [2.24, 2.45) is 5.92 Å². The van der Waals surface area contributed by atoms with E-state index in [-0.39, 0.29) is 10.6 Å². The van der Waals surface area contributed by atoms with Crippen LogP contribution in [0.15, 0.2) is 23.1 Å². The van der Waals surface area contributed by atoms with Crippen molar-refractivity contribution in [2.75, 3.05) is 24.7 Å². The maximum absolute atomic E-state index is 11.6. The average Bonchev–Trinajstić information content (AvgIpc) is 3.10. The highest BCUT2D eigenvalue weighted by Crippen LogP contribution is 2.37. The van der Waals surface area contributed by atoms with E-state index in [1.807, 2.05) is 0 Å². The molecule has 0 heterocycles. The SMILES string of the molecule is CN(CC1CC1)c1cccc(S(C)(=O)=O)c1[N+](=O)[O-].